The summed E-state index contributed by atoms with van der Waals surface area (Å²) in [6, 6.07) is 7.81. The average Bonchev–Trinajstić information content (AvgIpc) is 2.90. The molecule has 1 aromatic carbocycles. The third-order valence-electron chi connectivity index (χ3n) is 4.17. The summed E-state index contributed by atoms with van der Waals surface area (Å²) in [4.78, 5) is 14.2. The fourth-order valence-electron chi connectivity index (χ4n) is 2.84. The van der Waals surface area contributed by atoms with E-state index in [9.17, 15) is 9.90 Å². The molecule has 0 spiro atoms. The summed E-state index contributed by atoms with van der Waals surface area (Å²) < 4.78 is 5.57. The second kappa shape index (κ2) is 8.31. The number of nitrogens with one attached hydrogen (secondary N) is 1. The van der Waals surface area contributed by atoms with Gasteiger partial charge < -0.3 is 15.2 Å². The zero-order chi connectivity index (χ0) is 16.8. The Bertz CT molecular complexity index is 501. The molecule has 1 aliphatic heterocycles. The first-order chi connectivity index (χ1) is 11.0. The van der Waals surface area contributed by atoms with Gasteiger partial charge in [0.1, 0.15) is 5.75 Å². The van der Waals surface area contributed by atoms with Crippen molar-refractivity contribution in [3.63, 3.8) is 0 Å². The maximum absolute atomic E-state index is 12.0. The number of carbonyl (C=O) groups is 1. The normalized spacial score (nSPS) is 19.8. The second-order valence-electron chi connectivity index (χ2n) is 6.52. The van der Waals surface area contributed by atoms with E-state index in [4.69, 9.17) is 4.74 Å². The smallest absolute Gasteiger partial charge is 0.234 e. The molecule has 1 heterocycles. The molecule has 2 rings (SSSR count). The predicted molar refractivity (Wildman–Crippen MR) is 90.4 cm³/mol. The van der Waals surface area contributed by atoms with E-state index in [0.717, 1.165) is 30.7 Å². The molecule has 1 fully saturated rings. The molecule has 2 N–H and O–H groups in total. The summed E-state index contributed by atoms with van der Waals surface area (Å²) in [6.07, 6.45) is 1.73. The lowest BCUT2D eigenvalue weighted by Gasteiger charge is -2.20. The van der Waals surface area contributed by atoms with Crippen molar-refractivity contribution in [2.75, 3.05) is 19.6 Å². The van der Waals surface area contributed by atoms with Crippen LogP contribution in [0.2, 0.25) is 0 Å². The third kappa shape index (κ3) is 5.52. The summed E-state index contributed by atoms with van der Waals surface area (Å²) in [5.41, 5.74) is 0.774. The molecule has 1 amide bonds. The molecule has 0 saturated carbocycles. The highest BCUT2D eigenvalue weighted by Gasteiger charge is 2.22. The van der Waals surface area contributed by atoms with Crippen molar-refractivity contribution in [3.05, 3.63) is 29.8 Å². The van der Waals surface area contributed by atoms with Gasteiger partial charge in [-0.15, -0.1) is 0 Å². The van der Waals surface area contributed by atoms with Crippen LogP contribution in [0.5, 0.6) is 5.75 Å². The first-order valence-corrected chi connectivity index (χ1v) is 8.41. The topological polar surface area (TPSA) is 61.8 Å². The van der Waals surface area contributed by atoms with E-state index in [1.54, 1.807) is 0 Å². The average molecular weight is 320 g/mol. The quantitative estimate of drug-likeness (QED) is 0.808. The SMILES string of the molecule is CC(C)Oc1ccc([C@H](O)CNC(=O)CN2CCC[C@@H]2C)cc1. The summed E-state index contributed by atoms with van der Waals surface area (Å²) in [6.45, 7) is 7.71. The molecule has 0 bridgehead atoms. The van der Waals surface area contributed by atoms with E-state index < -0.39 is 6.10 Å². The lowest BCUT2D eigenvalue weighted by molar-refractivity contribution is -0.122. The van der Waals surface area contributed by atoms with E-state index in [-0.39, 0.29) is 18.6 Å². The van der Waals surface area contributed by atoms with Gasteiger partial charge in [0.25, 0.3) is 0 Å². The van der Waals surface area contributed by atoms with Crippen molar-refractivity contribution in [1.29, 1.82) is 0 Å². The Morgan fingerprint density at radius 1 is 1.39 bits per heavy atom. The van der Waals surface area contributed by atoms with Crippen LogP contribution in [0.4, 0.5) is 0 Å². The van der Waals surface area contributed by atoms with Crippen LogP contribution in [0, 0.1) is 0 Å². The van der Waals surface area contributed by atoms with Crippen molar-refractivity contribution >= 4 is 5.91 Å². The van der Waals surface area contributed by atoms with Gasteiger partial charge in [0, 0.05) is 12.6 Å². The number of carbonyl (C=O) groups excluding carboxylic acids is 1. The zero-order valence-corrected chi connectivity index (χ0v) is 14.3. The van der Waals surface area contributed by atoms with Crippen LogP contribution in [0.15, 0.2) is 24.3 Å². The highest BCUT2D eigenvalue weighted by molar-refractivity contribution is 5.78. The van der Waals surface area contributed by atoms with Gasteiger partial charge in [-0.25, -0.2) is 0 Å². The standard InChI is InChI=1S/C18H28N2O3/c1-13(2)23-16-8-6-15(7-9-16)17(21)11-19-18(22)12-20-10-4-5-14(20)3/h6-9,13-14,17,21H,4-5,10-12H2,1-3H3,(H,19,22)/t14-,17+/m0/s1. The molecule has 5 nitrogen and oxygen atoms in total. The molecule has 1 aliphatic rings. The maximum Gasteiger partial charge on any atom is 0.234 e. The third-order valence-corrected chi connectivity index (χ3v) is 4.17. The van der Waals surface area contributed by atoms with Gasteiger partial charge in [0.15, 0.2) is 0 Å². The number of amides is 1. The van der Waals surface area contributed by atoms with Crippen LogP contribution >= 0.6 is 0 Å². The number of benzene rings is 1. The highest BCUT2D eigenvalue weighted by Crippen LogP contribution is 2.19. The summed E-state index contributed by atoms with van der Waals surface area (Å²) >= 11 is 0. The van der Waals surface area contributed by atoms with Crippen molar-refractivity contribution in [2.24, 2.45) is 0 Å². The Kier molecular flexibility index (Phi) is 6.42. The van der Waals surface area contributed by atoms with Gasteiger partial charge in [-0.2, -0.15) is 0 Å². The minimum atomic E-state index is -0.706. The number of aliphatic hydroxyl groups is 1. The van der Waals surface area contributed by atoms with Crippen molar-refractivity contribution in [2.45, 2.75) is 51.9 Å². The monoisotopic (exact) mass is 320 g/mol. The van der Waals surface area contributed by atoms with Crippen LogP contribution in [0.1, 0.15) is 45.3 Å². The van der Waals surface area contributed by atoms with Crippen LogP contribution in [-0.2, 0) is 4.79 Å². The Balaban J connectivity index is 1.77. The van der Waals surface area contributed by atoms with Crippen LogP contribution in [0.3, 0.4) is 0 Å². The van der Waals surface area contributed by atoms with Crippen molar-refractivity contribution < 1.29 is 14.6 Å². The Morgan fingerprint density at radius 3 is 2.65 bits per heavy atom. The fraction of sp³-hybridized carbons (Fsp3) is 0.611. The number of hydrogen-bond donors (Lipinski definition) is 2. The van der Waals surface area contributed by atoms with Crippen LogP contribution < -0.4 is 10.1 Å². The van der Waals surface area contributed by atoms with Crippen LogP contribution in [-0.4, -0.2) is 47.7 Å². The molecule has 2 atom stereocenters. The second-order valence-corrected chi connectivity index (χ2v) is 6.52. The number of ether oxygens (including phenoxy) is 1. The van der Waals surface area contributed by atoms with Gasteiger partial charge >= 0.3 is 0 Å². The summed E-state index contributed by atoms with van der Waals surface area (Å²) in [5.74, 6) is 0.751. The largest absolute Gasteiger partial charge is 0.491 e. The van der Waals surface area contributed by atoms with Crippen LogP contribution in [0.25, 0.3) is 0 Å². The van der Waals surface area contributed by atoms with Crippen molar-refractivity contribution in [1.82, 2.24) is 10.2 Å². The molecular formula is C18H28N2O3. The predicted octanol–water partition coefficient (Wildman–Crippen LogP) is 2.11. The van der Waals surface area contributed by atoms with Gasteiger partial charge in [-0.3, -0.25) is 9.69 Å². The number of aliphatic hydroxyl groups excluding tert-OH is 1. The molecule has 1 saturated heterocycles. The molecule has 1 aromatic rings. The first kappa shape index (κ1) is 17.8. The van der Waals surface area contributed by atoms with E-state index in [1.807, 2.05) is 38.1 Å². The van der Waals surface area contributed by atoms with E-state index in [0.29, 0.717) is 12.6 Å². The molecule has 0 aliphatic carbocycles. The van der Waals surface area contributed by atoms with Crippen molar-refractivity contribution in [3.8, 4) is 5.75 Å². The van der Waals surface area contributed by atoms with Gasteiger partial charge in [0.2, 0.25) is 5.91 Å². The lowest BCUT2D eigenvalue weighted by Crippen LogP contribution is -2.40. The minimum Gasteiger partial charge on any atom is -0.491 e. The maximum atomic E-state index is 12.0. The van der Waals surface area contributed by atoms with E-state index >= 15 is 0 Å². The molecule has 23 heavy (non-hydrogen) atoms. The van der Waals surface area contributed by atoms with Gasteiger partial charge in [0.05, 0.1) is 18.8 Å². The minimum absolute atomic E-state index is 0.0300. The molecule has 0 radical (unpaired) electrons. The van der Waals surface area contributed by atoms with E-state index in [1.165, 1.54) is 0 Å². The highest BCUT2D eigenvalue weighted by atomic mass is 16.5. The van der Waals surface area contributed by atoms with Gasteiger partial charge in [-0.05, 0) is 57.9 Å². The molecule has 0 aromatic heterocycles. The molecule has 128 valence electrons. The fourth-order valence-corrected chi connectivity index (χ4v) is 2.84. The molecular weight excluding hydrogens is 292 g/mol. The first-order valence-electron chi connectivity index (χ1n) is 8.41. The zero-order valence-electron chi connectivity index (χ0n) is 14.3. The van der Waals surface area contributed by atoms with E-state index in [2.05, 4.69) is 17.1 Å². The molecule has 5 heteroatoms. The summed E-state index contributed by atoms with van der Waals surface area (Å²) in [7, 11) is 0. The number of likely N-dealkylation sites (tertiary alicyclic amines) is 1. The number of nitrogens with zero attached hydrogens (tertiary/aromatic N) is 1. The molecule has 0 unspecified atom stereocenters. The number of rotatable bonds is 7. The lowest BCUT2D eigenvalue weighted by atomic mass is 10.1. The summed E-state index contributed by atoms with van der Waals surface area (Å²) in [5, 5.41) is 13.0. The Labute approximate surface area is 138 Å². The number of hydrogen-bond acceptors (Lipinski definition) is 4. The Morgan fingerprint density at radius 2 is 2.09 bits per heavy atom. The Hall–Kier alpha value is -1.59. The van der Waals surface area contributed by atoms with Gasteiger partial charge in [-0.1, -0.05) is 12.1 Å².